The Morgan fingerprint density at radius 2 is 1.97 bits per heavy atom. The molecule has 6 nitrogen and oxygen atoms in total. The molecule has 6 heteroatoms. The second-order valence-corrected chi connectivity index (χ2v) is 12.7. The van der Waals surface area contributed by atoms with Crippen LogP contribution in [0.2, 0.25) is 0 Å². The van der Waals surface area contributed by atoms with Gasteiger partial charge in [-0.1, -0.05) is 31.6 Å². The van der Waals surface area contributed by atoms with Crippen LogP contribution in [0.1, 0.15) is 70.8 Å². The van der Waals surface area contributed by atoms with Crippen molar-refractivity contribution in [1.82, 2.24) is 9.55 Å². The first-order chi connectivity index (χ1) is 18.8. The van der Waals surface area contributed by atoms with E-state index in [4.69, 9.17) is 9.47 Å². The van der Waals surface area contributed by atoms with E-state index >= 15 is 0 Å². The first-order valence-corrected chi connectivity index (χ1v) is 14.7. The molecule has 1 heterocycles. The van der Waals surface area contributed by atoms with E-state index in [1.807, 2.05) is 35.3 Å². The molecule has 0 bridgehead atoms. The summed E-state index contributed by atoms with van der Waals surface area (Å²) in [6.07, 6.45) is 17.5. The predicted molar refractivity (Wildman–Crippen MR) is 151 cm³/mol. The third-order valence-electron chi connectivity index (χ3n) is 10.6. The van der Waals surface area contributed by atoms with Gasteiger partial charge in [0.15, 0.2) is 17.3 Å². The minimum atomic E-state index is -0.273. The minimum absolute atomic E-state index is 0.182. The Morgan fingerprint density at radius 3 is 2.77 bits per heavy atom. The van der Waals surface area contributed by atoms with Gasteiger partial charge in [0.25, 0.3) is 0 Å². The molecule has 208 valence electrons. The normalized spacial score (nSPS) is 34.7. The van der Waals surface area contributed by atoms with Crippen LogP contribution in [0.4, 0.5) is 0 Å². The van der Waals surface area contributed by atoms with Gasteiger partial charge in [0.2, 0.25) is 0 Å². The molecule has 1 N–H and O–H groups in total. The number of ether oxygens (including phenoxy) is 2. The van der Waals surface area contributed by atoms with Crippen molar-refractivity contribution in [3.63, 3.8) is 0 Å². The van der Waals surface area contributed by atoms with Crippen LogP contribution in [0.5, 0.6) is 11.5 Å². The summed E-state index contributed by atoms with van der Waals surface area (Å²) < 4.78 is 13.7. The molecular weight excluding hydrogens is 488 g/mol. The summed E-state index contributed by atoms with van der Waals surface area (Å²) in [5.74, 6) is 3.29. The second kappa shape index (κ2) is 10.3. The monoisotopic (exact) mass is 530 g/mol. The van der Waals surface area contributed by atoms with Crippen molar-refractivity contribution in [2.45, 2.75) is 77.9 Å². The summed E-state index contributed by atoms with van der Waals surface area (Å²) >= 11 is 0. The molecule has 0 radical (unpaired) electrons. The number of methoxy groups -OCH3 is 1. The van der Waals surface area contributed by atoms with Gasteiger partial charge >= 0.3 is 0 Å². The molecule has 39 heavy (non-hydrogen) atoms. The number of imidazole rings is 1. The highest BCUT2D eigenvalue weighted by atomic mass is 16.5. The Kier molecular flexibility index (Phi) is 6.95. The fraction of sp³-hybridized carbons (Fsp3) is 0.576. The zero-order chi connectivity index (χ0) is 27.2. The van der Waals surface area contributed by atoms with Gasteiger partial charge < -0.3 is 19.1 Å². The lowest BCUT2D eigenvalue weighted by Gasteiger charge is -2.56. The molecule has 1 aromatic heterocycles. The molecular formula is C33H42N2O4. The maximum Gasteiger partial charge on any atom is 0.165 e. The number of fused-ring (bicyclic) bond motifs is 5. The molecule has 3 unspecified atom stereocenters. The highest BCUT2D eigenvalue weighted by molar-refractivity contribution is 6.06. The first kappa shape index (κ1) is 26.4. The van der Waals surface area contributed by atoms with Crippen LogP contribution in [-0.2, 0) is 11.3 Å². The number of aryl methyl sites for hydroxylation is 1. The fourth-order valence-corrected chi connectivity index (χ4v) is 8.38. The zero-order valence-electron chi connectivity index (χ0n) is 23.6. The van der Waals surface area contributed by atoms with E-state index in [1.165, 1.54) is 5.57 Å². The van der Waals surface area contributed by atoms with E-state index in [1.54, 1.807) is 13.3 Å². The van der Waals surface area contributed by atoms with E-state index in [0.29, 0.717) is 35.9 Å². The maximum absolute atomic E-state index is 13.9. The molecule has 0 spiro atoms. The molecule has 0 aliphatic heterocycles. The Bertz CT molecular complexity index is 1280. The van der Waals surface area contributed by atoms with Gasteiger partial charge in [-0.05, 0) is 104 Å². The van der Waals surface area contributed by atoms with Gasteiger partial charge in [0.05, 0.1) is 26.1 Å². The lowest BCUT2D eigenvalue weighted by Crippen LogP contribution is -2.50. The number of aliphatic hydroxyl groups excluding tert-OH is 1. The average Bonchev–Trinajstić information content (AvgIpc) is 3.54. The number of aliphatic hydroxyl groups is 1. The summed E-state index contributed by atoms with van der Waals surface area (Å²) in [6, 6.07) is 5.98. The number of rotatable bonds is 7. The molecule has 0 amide bonds. The highest BCUT2D eigenvalue weighted by Crippen LogP contribution is 2.64. The molecule has 3 fully saturated rings. The molecule has 0 saturated heterocycles. The first-order valence-electron chi connectivity index (χ1n) is 14.7. The van der Waals surface area contributed by atoms with Gasteiger partial charge in [-0.2, -0.15) is 0 Å². The number of carbonyl (C=O) groups is 1. The second-order valence-electron chi connectivity index (χ2n) is 12.7. The van der Waals surface area contributed by atoms with Crippen molar-refractivity contribution in [1.29, 1.82) is 0 Å². The van der Waals surface area contributed by atoms with Gasteiger partial charge in [0, 0.05) is 24.4 Å². The van der Waals surface area contributed by atoms with Crippen molar-refractivity contribution in [3.8, 4) is 11.5 Å². The van der Waals surface area contributed by atoms with Crippen molar-refractivity contribution in [2.75, 3.05) is 13.7 Å². The van der Waals surface area contributed by atoms with Crippen molar-refractivity contribution in [3.05, 3.63) is 59.7 Å². The fourth-order valence-electron chi connectivity index (χ4n) is 8.38. The predicted octanol–water partition coefficient (Wildman–Crippen LogP) is 6.25. The van der Waals surface area contributed by atoms with Gasteiger partial charge in [-0.15, -0.1) is 0 Å². The van der Waals surface area contributed by atoms with Crippen LogP contribution in [-0.4, -0.2) is 40.3 Å². The summed E-state index contributed by atoms with van der Waals surface area (Å²) in [5, 5.41) is 10.3. The number of Topliss-reactive ketones (excluding diaryl/α,β-unsaturated/α-hetero) is 1. The number of carbonyl (C=O) groups excluding carboxylic acids is 1. The maximum atomic E-state index is 13.9. The lowest BCUT2D eigenvalue weighted by atomic mass is 9.48. The van der Waals surface area contributed by atoms with Crippen molar-refractivity contribution in [2.24, 2.45) is 28.6 Å². The Hall–Kier alpha value is -2.86. The lowest BCUT2D eigenvalue weighted by molar-refractivity contribution is -0.130. The summed E-state index contributed by atoms with van der Waals surface area (Å²) in [6.45, 7) is 6.11. The van der Waals surface area contributed by atoms with E-state index in [9.17, 15) is 9.90 Å². The molecule has 1 aromatic carbocycles. The summed E-state index contributed by atoms with van der Waals surface area (Å²) in [7, 11) is 1.66. The van der Waals surface area contributed by atoms with E-state index < -0.39 is 0 Å². The van der Waals surface area contributed by atoms with Crippen LogP contribution in [0, 0.1) is 28.6 Å². The number of benzene rings is 1. The van der Waals surface area contributed by atoms with Gasteiger partial charge in [-0.25, -0.2) is 4.98 Å². The van der Waals surface area contributed by atoms with E-state index in [-0.39, 0.29) is 16.9 Å². The SMILES string of the molecule is COc1cc(/C=C2\CC3C4CC=C5C[C@@H](O)CC[C@]5(C)C4CC[C@]3(C)C2=O)ccc1OCCCn1ccnc1. The molecule has 2 aromatic rings. The summed E-state index contributed by atoms with van der Waals surface area (Å²) in [4.78, 5) is 17.9. The number of nitrogens with zero attached hydrogens (tertiary/aromatic N) is 2. The van der Waals surface area contributed by atoms with Crippen LogP contribution >= 0.6 is 0 Å². The zero-order valence-corrected chi connectivity index (χ0v) is 23.6. The highest BCUT2D eigenvalue weighted by Gasteiger charge is 2.59. The van der Waals surface area contributed by atoms with Crippen LogP contribution in [0.25, 0.3) is 6.08 Å². The summed E-state index contributed by atoms with van der Waals surface area (Å²) in [5.41, 5.74) is 3.33. The van der Waals surface area contributed by atoms with Crippen molar-refractivity contribution >= 4 is 11.9 Å². The minimum Gasteiger partial charge on any atom is -0.493 e. The Labute approximate surface area is 232 Å². The van der Waals surface area contributed by atoms with Gasteiger partial charge in [0.1, 0.15) is 0 Å². The van der Waals surface area contributed by atoms with E-state index in [0.717, 1.165) is 74.8 Å². The Morgan fingerprint density at radius 1 is 1.13 bits per heavy atom. The Balaban J connectivity index is 1.18. The largest absolute Gasteiger partial charge is 0.493 e. The number of ketones is 1. The van der Waals surface area contributed by atoms with Crippen LogP contribution in [0.3, 0.4) is 0 Å². The molecule has 6 rings (SSSR count). The number of hydrogen-bond donors (Lipinski definition) is 1. The standard InChI is InChI=1S/C33H42N2O4/c1-32-11-9-25(36)20-24(32)6-7-26-27(32)10-12-33(2)28(26)19-23(31(33)37)17-22-5-8-29(30(18-22)38-3)39-16-4-14-35-15-13-34-21-35/h5-6,8,13,15,17-18,21,25-28,36H,4,7,9-12,14,16,19-20H2,1-3H3/b23-17+/t25-,26?,27?,28?,32-,33-/m0/s1. The smallest absolute Gasteiger partial charge is 0.165 e. The number of allylic oxidation sites excluding steroid dienone is 2. The van der Waals surface area contributed by atoms with Crippen molar-refractivity contribution < 1.29 is 19.4 Å². The average molecular weight is 531 g/mol. The molecule has 3 saturated carbocycles. The molecule has 6 atom stereocenters. The topological polar surface area (TPSA) is 73.6 Å². The quantitative estimate of drug-likeness (QED) is 0.260. The van der Waals surface area contributed by atoms with Crippen LogP contribution < -0.4 is 9.47 Å². The third kappa shape index (κ3) is 4.65. The molecule has 4 aliphatic carbocycles. The van der Waals surface area contributed by atoms with E-state index in [2.05, 4.69) is 31.0 Å². The molecule has 4 aliphatic rings. The third-order valence-corrected chi connectivity index (χ3v) is 10.6. The number of hydrogen-bond acceptors (Lipinski definition) is 5. The van der Waals surface area contributed by atoms with Gasteiger partial charge in [-0.3, -0.25) is 4.79 Å². The van der Waals surface area contributed by atoms with Crippen LogP contribution in [0.15, 0.2) is 54.1 Å². The number of aromatic nitrogens is 2.